The summed E-state index contributed by atoms with van der Waals surface area (Å²) in [5.41, 5.74) is 6.34. The van der Waals surface area contributed by atoms with Gasteiger partial charge in [-0.25, -0.2) is 4.79 Å². The number of hydrogen-bond donors (Lipinski definition) is 2. The molecule has 2 N–H and O–H groups in total. The standard InChI is InChI=1S/C24H29ClN2O3/c1-30-17-18-6-11-22-20(15-18)8-7-19-9-10-21(25)16-23(19)27(22)14-3-2-12-26-13-4-5-24(28)29/h4-6,8-11,16,26H,2-3,7,12-15,17H2,1H3,(H,28,29). The van der Waals surface area contributed by atoms with E-state index in [1.54, 1.807) is 13.2 Å². The molecule has 3 rings (SSSR count). The molecule has 0 bridgehead atoms. The highest BCUT2D eigenvalue weighted by Crippen LogP contribution is 2.37. The smallest absolute Gasteiger partial charge is 0.328 e. The maximum Gasteiger partial charge on any atom is 0.328 e. The summed E-state index contributed by atoms with van der Waals surface area (Å²) in [5.74, 6) is -0.914. The van der Waals surface area contributed by atoms with Crippen LogP contribution >= 0.6 is 11.6 Å². The molecule has 0 atom stereocenters. The molecule has 30 heavy (non-hydrogen) atoms. The van der Waals surface area contributed by atoms with Gasteiger partial charge in [-0.05, 0) is 67.1 Å². The number of carboxylic acid groups (broad SMARTS) is 1. The van der Waals surface area contributed by atoms with Crippen LogP contribution in [-0.2, 0) is 16.0 Å². The minimum Gasteiger partial charge on any atom is -0.478 e. The van der Waals surface area contributed by atoms with Gasteiger partial charge in [0.25, 0.3) is 0 Å². The number of hydrogen-bond acceptors (Lipinski definition) is 4. The summed E-state index contributed by atoms with van der Waals surface area (Å²) in [7, 11) is 1.73. The quantitative estimate of drug-likeness (QED) is 0.424. The predicted octanol–water partition coefficient (Wildman–Crippen LogP) is 4.50. The Labute approximate surface area is 183 Å². The number of carbonyl (C=O) groups is 1. The summed E-state index contributed by atoms with van der Waals surface area (Å²) < 4.78 is 5.33. The van der Waals surface area contributed by atoms with Crippen LogP contribution in [0.2, 0.25) is 5.02 Å². The number of rotatable bonds is 10. The molecule has 160 valence electrons. The number of nitrogens with zero attached hydrogens (tertiary/aromatic N) is 1. The van der Waals surface area contributed by atoms with Gasteiger partial charge in [0.15, 0.2) is 0 Å². The van der Waals surface area contributed by atoms with E-state index < -0.39 is 5.97 Å². The van der Waals surface area contributed by atoms with Crippen molar-refractivity contribution in [1.29, 1.82) is 0 Å². The Balaban J connectivity index is 1.68. The Hall–Kier alpha value is -2.34. The molecule has 0 radical (unpaired) electrons. The van der Waals surface area contributed by atoms with Crippen LogP contribution in [0.15, 0.2) is 65.4 Å². The Morgan fingerprint density at radius 2 is 2.20 bits per heavy atom. The number of fused-ring (bicyclic) bond motifs is 2. The number of ether oxygens (including phenoxy) is 1. The second kappa shape index (κ2) is 11.2. The van der Waals surface area contributed by atoms with E-state index in [1.165, 1.54) is 34.2 Å². The minimum atomic E-state index is -0.914. The summed E-state index contributed by atoms with van der Waals surface area (Å²) in [5, 5.41) is 12.6. The molecule has 0 saturated heterocycles. The van der Waals surface area contributed by atoms with Crippen molar-refractivity contribution in [1.82, 2.24) is 5.32 Å². The van der Waals surface area contributed by atoms with Crippen molar-refractivity contribution < 1.29 is 14.6 Å². The molecule has 0 saturated carbocycles. The monoisotopic (exact) mass is 428 g/mol. The highest BCUT2D eigenvalue weighted by atomic mass is 35.5. The van der Waals surface area contributed by atoms with Gasteiger partial charge < -0.3 is 20.1 Å². The number of aliphatic carboxylic acids is 1. The van der Waals surface area contributed by atoms with Crippen molar-refractivity contribution in [3.8, 4) is 0 Å². The van der Waals surface area contributed by atoms with Crippen molar-refractivity contribution in [2.45, 2.75) is 25.7 Å². The van der Waals surface area contributed by atoms with Gasteiger partial charge in [0.2, 0.25) is 0 Å². The van der Waals surface area contributed by atoms with Gasteiger partial charge >= 0.3 is 5.97 Å². The number of carboxylic acids is 1. The molecular weight excluding hydrogens is 400 g/mol. The van der Waals surface area contributed by atoms with Crippen LogP contribution in [0.1, 0.15) is 24.8 Å². The summed E-state index contributed by atoms with van der Waals surface area (Å²) in [6.07, 6.45) is 13.3. The lowest BCUT2D eigenvalue weighted by atomic mass is 9.96. The van der Waals surface area contributed by atoms with E-state index in [1.807, 2.05) is 6.07 Å². The van der Waals surface area contributed by atoms with Crippen LogP contribution in [0.4, 0.5) is 5.69 Å². The van der Waals surface area contributed by atoms with Crippen molar-refractivity contribution in [3.63, 3.8) is 0 Å². The van der Waals surface area contributed by atoms with Crippen LogP contribution in [-0.4, -0.2) is 44.4 Å². The first-order valence-corrected chi connectivity index (χ1v) is 10.7. The Kier molecular flexibility index (Phi) is 8.31. The fourth-order valence-electron chi connectivity index (χ4n) is 3.85. The predicted molar refractivity (Wildman–Crippen MR) is 122 cm³/mol. The fourth-order valence-corrected chi connectivity index (χ4v) is 4.02. The molecule has 0 unspecified atom stereocenters. The molecule has 0 aromatic heterocycles. The van der Waals surface area contributed by atoms with Crippen LogP contribution in [0.5, 0.6) is 0 Å². The lowest BCUT2D eigenvalue weighted by Gasteiger charge is -2.31. The van der Waals surface area contributed by atoms with Crippen LogP contribution in [0.3, 0.4) is 0 Å². The van der Waals surface area contributed by atoms with E-state index in [0.29, 0.717) is 13.2 Å². The Bertz CT molecular complexity index is 886. The van der Waals surface area contributed by atoms with Crippen molar-refractivity contribution in [2.75, 3.05) is 38.3 Å². The molecule has 1 aliphatic heterocycles. The number of benzene rings is 1. The molecule has 2 aliphatic rings. The number of halogens is 1. The molecule has 0 spiro atoms. The first-order chi connectivity index (χ1) is 14.6. The zero-order valence-electron chi connectivity index (χ0n) is 17.4. The van der Waals surface area contributed by atoms with E-state index in [9.17, 15) is 4.79 Å². The zero-order valence-corrected chi connectivity index (χ0v) is 18.1. The highest BCUT2D eigenvalue weighted by Gasteiger charge is 2.24. The summed E-state index contributed by atoms with van der Waals surface area (Å²) in [6.45, 7) is 2.97. The van der Waals surface area contributed by atoms with E-state index in [-0.39, 0.29) is 0 Å². The van der Waals surface area contributed by atoms with Gasteiger partial charge in [0.1, 0.15) is 0 Å². The Morgan fingerprint density at radius 3 is 3.00 bits per heavy atom. The van der Waals surface area contributed by atoms with Crippen molar-refractivity contribution in [3.05, 3.63) is 76.0 Å². The van der Waals surface area contributed by atoms with Gasteiger partial charge in [-0.1, -0.05) is 35.9 Å². The maximum absolute atomic E-state index is 10.5. The molecule has 0 fully saturated rings. The van der Waals surface area contributed by atoms with E-state index in [2.05, 4.69) is 40.6 Å². The zero-order chi connectivity index (χ0) is 21.3. The second-order valence-corrected chi connectivity index (χ2v) is 7.93. The van der Waals surface area contributed by atoms with Gasteiger partial charge in [0, 0.05) is 42.7 Å². The molecule has 6 heteroatoms. The minimum absolute atomic E-state index is 0.569. The SMILES string of the molecule is COCC1=CC=C2C(=CCc3ccc(Cl)cc3N2CCCCNCC=CC(=O)O)C1. The molecular formula is C24H29ClN2O3. The van der Waals surface area contributed by atoms with Crippen LogP contribution < -0.4 is 10.2 Å². The second-order valence-electron chi connectivity index (χ2n) is 7.50. The fraction of sp³-hybridized carbons (Fsp3) is 0.375. The lowest BCUT2D eigenvalue weighted by molar-refractivity contribution is -0.131. The third kappa shape index (κ3) is 6.08. The average Bonchev–Trinajstić information content (AvgIpc) is 2.86. The van der Waals surface area contributed by atoms with Crippen LogP contribution in [0.25, 0.3) is 0 Å². The largest absolute Gasteiger partial charge is 0.478 e. The lowest BCUT2D eigenvalue weighted by Crippen LogP contribution is -2.27. The van der Waals surface area contributed by atoms with Gasteiger partial charge in [0.05, 0.1) is 6.61 Å². The van der Waals surface area contributed by atoms with E-state index in [4.69, 9.17) is 21.4 Å². The molecule has 1 aromatic carbocycles. The number of allylic oxidation sites excluding steroid dienone is 4. The summed E-state index contributed by atoms with van der Waals surface area (Å²) >= 11 is 6.34. The maximum atomic E-state index is 10.5. The van der Waals surface area contributed by atoms with Gasteiger partial charge in [-0.3, -0.25) is 0 Å². The van der Waals surface area contributed by atoms with Gasteiger partial charge in [-0.2, -0.15) is 0 Å². The number of methoxy groups -OCH3 is 1. The Morgan fingerprint density at radius 1 is 1.33 bits per heavy atom. The first kappa shape index (κ1) is 22.3. The summed E-state index contributed by atoms with van der Waals surface area (Å²) in [4.78, 5) is 12.9. The highest BCUT2D eigenvalue weighted by molar-refractivity contribution is 6.30. The third-order valence-electron chi connectivity index (χ3n) is 5.26. The van der Waals surface area contributed by atoms with Crippen molar-refractivity contribution >= 4 is 23.3 Å². The molecule has 1 aliphatic carbocycles. The van der Waals surface area contributed by atoms with E-state index in [0.717, 1.165) is 43.8 Å². The number of nitrogens with one attached hydrogen (secondary N) is 1. The molecule has 0 amide bonds. The van der Waals surface area contributed by atoms with Crippen LogP contribution in [0, 0.1) is 0 Å². The first-order valence-electron chi connectivity index (χ1n) is 10.3. The van der Waals surface area contributed by atoms with E-state index >= 15 is 0 Å². The molecule has 1 aromatic rings. The normalized spacial score (nSPS) is 15.8. The number of unbranched alkanes of at least 4 members (excludes halogenated alkanes) is 1. The molecule has 1 heterocycles. The average molecular weight is 429 g/mol. The van der Waals surface area contributed by atoms with Crippen molar-refractivity contribution in [2.24, 2.45) is 0 Å². The third-order valence-corrected chi connectivity index (χ3v) is 5.49. The topological polar surface area (TPSA) is 61.8 Å². The molecule has 5 nitrogen and oxygen atoms in total. The summed E-state index contributed by atoms with van der Waals surface area (Å²) in [6, 6.07) is 6.15. The number of anilines is 1. The van der Waals surface area contributed by atoms with Gasteiger partial charge in [-0.15, -0.1) is 0 Å².